The van der Waals surface area contributed by atoms with E-state index in [0.717, 1.165) is 0 Å². The number of nitrogens with one attached hydrogen (secondary N) is 2. The Hall–Kier alpha value is -1.23. The van der Waals surface area contributed by atoms with Gasteiger partial charge >= 0.3 is 11.7 Å². The average molecular weight is 409 g/mol. The van der Waals surface area contributed by atoms with E-state index in [4.69, 9.17) is 9.26 Å². The molecule has 1 aromatic heterocycles. The molecule has 26 heavy (non-hydrogen) atoms. The summed E-state index contributed by atoms with van der Waals surface area (Å²) in [5, 5.41) is 12.3. The van der Waals surface area contributed by atoms with Crippen LogP contribution in [0.4, 0.5) is 0 Å². The Morgan fingerprint density at radius 1 is 1.46 bits per heavy atom. The zero-order valence-corrected chi connectivity index (χ0v) is 16.5. The number of aliphatic hydroxyl groups is 1. The molecule has 0 saturated heterocycles. The van der Waals surface area contributed by atoms with Gasteiger partial charge in [-0.2, -0.15) is 11.8 Å². The fourth-order valence-electron chi connectivity index (χ4n) is 1.87. The van der Waals surface area contributed by atoms with Crippen LogP contribution in [0.5, 0.6) is 0 Å². The Morgan fingerprint density at radius 2 is 2.15 bits per heavy atom. The number of aliphatic hydroxyl groups excluding tert-OH is 1. The first-order chi connectivity index (χ1) is 12.2. The van der Waals surface area contributed by atoms with Crippen LogP contribution in [-0.2, 0) is 20.6 Å². The number of aromatic amines is 1. The van der Waals surface area contributed by atoms with Crippen molar-refractivity contribution >= 4 is 26.3 Å². The minimum Gasteiger partial charge on any atom is -0.462 e. The van der Waals surface area contributed by atoms with Gasteiger partial charge in [-0.25, -0.2) is 9.88 Å². The van der Waals surface area contributed by atoms with Gasteiger partial charge in [0.15, 0.2) is 0 Å². The van der Waals surface area contributed by atoms with Crippen LogP contribution in [0, 0.1) is 0 Å². The fourth-order valence-corrected chi connectivity index (χ4v) is 3.23. The molecule has 0 spiro atoms. The van der Waals surface area contributed by atoms with E-state index in [9.17, 15) is 24.4 Å². The topological polar surface area (TPSA) is 143 Å². The molecular formula is C14H24N3O7PS. The lowest BCUT2D eigenvalue weighted by Gasteiger charge is -2.22. The maximum absolute atomic E-state index is 11.6. The molecule has 4 N–H and O–H groups in total. The van der Waals surface area contributed by atoms with Crippen LogP contribution in [-0.4, -0.2) is 62.4 Å². The summed E-state index contributed by atoms with van der Waals surface area (Å²) in [7, 11) is -2.06. The molecular weight excluding hydrogens is 385 g/mol. The van der Waals surface area contributed by atoms with Gasteiger partial charge in [-0.1, -0.05) is 0 Å². The molecule has 0 bridgehead atoms. The van der Waals surface area contributed by atoms with Crippen molar-refractivity contribution in [2.24, 2.45) is 0 Å². The molecule has 10 nitrogen and oxygen atoms in total. The van der Waals surface area contributed by atoms with E-state index in [2.05, 4.69) is 10.1 Å². The number of nitrogens with zero attached hydrogens (tertiary/aromatic N) is 1. The van der Waals surface area contributed by atoms with Crippen LogP contribution in [0.3, 0.4) is 0 Å². The number of hydrogen-bond donors (Lipinski definition) is 4. The molecule has 148 valence electrons. The molecule has 0 aliphatic carbocycles. The van der Waals surface area contributed by atoms with Crippen LogP contribution >= 0.6 is 20.3 Å². The molecule has 0 fully saturated rings. The lowest BCUT2D eigenvalue weighted by atomic mass is 10.2. The van der Waals surface area contributed by atoms with Gasteiger partial charge < -0.3 is 19.3 Å². The minimum absolute atomic E-state index is 0.00509. The molecule has 0 aromatic carbocycles. The molecule has 0 saturated carbocycles. The van der Waals surface area contributed by atoms with Gasteiger partial charge in [0.25, 0.3) is 14.1 Å². The molecule has 0 amide bonds. The summed E-state index contributed by atoms with van der Waals surface area (Å²) < 4.78 is 11.3. The maximum atomic E-state index is 11.6. The Kier molecular flexibility index (Phi) is 10.1. The van der Waals surface area contributed by atoms with E-state index in [1.165, 1.54) is 28.6 Å². The quantitative estimate of drug-likeness (QED) is 0.278. The summed E-state index contributed by atoms with van der Waals surface area (Å²) in [5.74, 6) is -0.510. The van der Waals surface area contributed by atoms with Gasteiger partial charge in [0, 0.05) is 12.3 Å². The second-order valence-electron chi connectivity index (χ2n) is 5.55. The van der Waals surface area contributed by atoms with Gasteiger partial charge in [0.2, 0.25) is 0 Å². The Balaban J connectivity index is 2.46. The van der Waals surface area contributed by atoms with Gasteiger partial charge in [-0.15, -0.1) is 0 Å². The van der Waals surface area contributed by atoms with E-state index in [1.807, 2.05) is 0 Å². The molecule has 0 aliphatic rings. The van der Waals surface area contributed by atoms with E-state index >= 15 is 0 Å². The highest BCUT2D eigenvalue weighted by atomic mass is 32.2. The van der Waals surface area contributed by atoms with Crippen molar-refractivity contribution in [3.63, 3.8) is 0 Å². The van der Waals surface area contributed by atoms with Crippen molar-refractivity contribution in [1.82, 2.24) is 14.6 Å². The molecule has 3 unspecified atom stereocenters. The van der Waals surface area contributed by atoms with Crippen LogP contribution in [0.1, 0.15) is 13.8 Å². The number of thioether (sulfide) groups is 1. The Morgan fingerprint density at radius 3 is 2.73 bits per heavy atom. The Labute approximate surface area is 155 Å². The van der Waals surface area contributed by atoms with Gasteiger partial charge in [-0.3, -0.25) is 19.1 Å². The highest BCUT2D eigenvalue weighted by Gasteiger charge is 2.21. The zero-order chi connectivity index (χ0) is 19.7. The molecule has 3 atom stereocenters. The average Bonchev–Trinajstić information content (AvgIpc) is 2.55. The molecule has 1 aromatic rings. The first-order valence-electron chi connectivity index (χ1n) is 7.78. The third kappa shape index (κ3) is 8.43. The molecule has 1 heterocycles. The number of carbonyl (C=O) groups excluding carboxylic acids is 1. The summed E-state index contributed by atoms with van der Waals surface area (Å²) in [6, 6.07) is 1.19. The smallest absolute Gasteiger partial charge is 0.328 e. The number of aromatic nitrogens is 2. The van der Waals surface area contributed by atoms with E-state index in [0.29, 0.717) is 0 Å². The number of ether oxygens (including phenoxy) is 1. The normalized spacial score (nSPS) is 14.8. The van der Waals surface area contributed by atoms with Gasteiger partial charge in [-0.05, 0) is 20.1 Å². The zero-order valence-electron chi connectivity index (χ0n) is 14.7. The van der Waals surface area contributed by atoms with E-state index < -0.39 is 37.1 Å². The largest absolute Gasteiger partial charge is 0.462 e. The lowest BCUT2D eigenvalue weighted by Crippen LogP contribution is -2.37. The predicted octanol–water partition coefficient (Wildman–Crippen LogP) is -0.594. The highest BCUT2D eigenvalue weighted by molar-refractivity contribution is 7.99. The van der Waals surface area contributed by atoms with Gasteiger partial charge in [0.05, 0.1) is 30.6 Å². The summed E-state index contributed by atoms with van der Waals surface area (Å²) in [4.78, 5) is 45.9. The van der Waals surface area contributed by atoms with E-state index in [-0.39, 0.29) is 25.8 Å². The number of rotatable bonds is 11. The van der Waals surface area contributed by atoms with Crippen LogP contribution in [0.25, 0.3) is 0 Å². The van der Waals surface area contributed by atoms with Crippen molar-refractivity contribution in [1.29, 1.82) is 0 Å². The number of carbonyl (C=O) groups is 1. The summed E-state index contributed by atoms with van der Waals surface area (Å²) in [6.07, 6.45) is 1.84. The molecule has 0 radical (unpaired) electrons. The molecule has 1 rings (SSSR count). The first-order valence-corrected chi connectivity index (χ1v) is 10.3. The van der Waals surface area contributed by atoms with Crippen molar-refractivity contribution in [3.8, 4) is 0 Å². The van der Waals surface area contributed by atoms with Crippen molar-refractivity contribution in [2.75, 3.05) is 19.4 Å². The summed E-state index contributed by atoms with van der Waals surface area (Å²) >= 11 is 1.30. The fraction of sp³-hybridized carbons (Fsp3) is 0.643. The summed E-state index contributed by atoms with van der Waals surface area (Å²) in [6.45, 7) is 3.19. The maximum Gasteiger partial charge on any atom is 0.328 e. The standard InChI is InChI=1S/C14H24N3O7PS/c1-9(2)24-13(20)6-15-25(22)23-8-11(26-3)10(18)7-17-5-4-12(19)16-14(17)21/h4-5,9-11,15,18,22H,6-8H2,1-3H3,(H,16,19,21). The first kappa shape index (κ1) is 22.8. The lowest BCUT2D eigenvalue weighted by molar-refractivity contribution is -0.145. The van der Waals surface area contributed by atoms with Crippen LogP contribution in [0.2, 0.25) is 0 Å². The minimum atomic E-state index is -2.06. The van der Waals surface area contributed by atoms with E-state index in [1.54, 1.807) is 20.1 Å². The van der Waals surface area contributed by atoms with Gasteiger partial charge in [0.1, 0.15) is 6.54 Å². The second kappa shape index (κ2) is 11.5. The van der Waals surface area contributed by atoms with Crippen molar-refractivity contribution in [3.05, 3.63) is 33.1 Å². The molecule has 12 heteroatoms. The molecule has 0 aliphatic heterocycles. The number of H-pyrrole nitrogens is 1. The third-order valence-corrected chi connectivity index (χ3v) is 4.98. The summed E-state index contributed by atoms with van der Waals surface area (Å²) in [5.41, 5.74) is -1.13. The third-order valence-electron chi connectivity index (χ3n) is 3.10. The van der Waals surface area contributed by atoms with Crippen molar-refractivity contribution in [2.45, 2.75) is 37.9 Å². The van der Waals surface area contributed by atoms with Crippen molar-refractivity contribution < 1.29 is 24.1 Å². The SMILES string of the molecule is CSC(COP(O)NCC(=O)OC(C)C)C(O)Cn1ccc(=O)[nH]c1=O. The van der Waals surface area contributed by atoms with Crippen LogP contribution < -0.4 is 16.3 Å². The monoisotopic (exact) mass is 409 g/mol. The van der Waals surface area contributed by atoms with Crippen LogP contribution in [0.15, 0.2) is 21.9 Å². The second-order valence-corrected chi connectivity index (χ2v) is 7.74. The Bertz CT molecular complexity index is 681. The number of esters is 1. The highest BCUT2D eigenvalue weighted by Crippen LogP contribution is 2.27. The number of hydrogen-bond acceptors (Lipinski definition) is 9. The predicted molar refractivity (Wildman–Crippen MR) is 99.0 cm³/mol.